The highest BCUT2D eigenvalue weighted by Gasteiger charge is 2.24. The molecule has 0 spiro atoms. The van der Waals surface area contributed by atoms with Crippen molar-refractivity contribution < 1.29 is 17.9 Å². The summed E-state index contributed by atoms with van der Waals surface area (Å²) in [5, 5.41) is 0.0178. The van der Waals surface area contributed by atoms with Crippen molar-refractivity contribution in [2.75, 3.05) is 20.2 Å². The van der Waals surface area contributed by atoms with Crippen molar-refractivity contribution in [3.63, 3.8) is 0 Å². The number of hydrogen-bond acceptors (Lipinski definition) is 5. The number of nitrogens with one attached hydrogen (secondary N) is 1. The van der Waals surface area contributed by atoms with Crippen molar-refractivity contribution in [2.45, 2.75) is 18.4 Å². The van der Waals surface area contributed by atoms with E-state index in [1.54, 1.807) is 6.92 Å². The molecule has 0 atom stereocenters. The minimum atomic E-state index is -3.60. The van der Waals surface area contributed by atoms with Crippen LogP contribution in [-0.4, -0.2) is 48.9 Å². The number of esters is 1. The van der Waals surface area contributed by atoms with Crippen molar-refractivity contribution in [3.8, 4) is 0 Å². The predicted molar refractivity (Wildman–Crippen MR) is 59.7 cm³/mol. The summed E-state index contributed by atoms with van der Waals surface area (Å²) in [6, 6.07) is 0. The van der Waals surface area contributed by atoms with E-state index in [9.17, 15) is 13.2 Å². The molecule has 7 nitrogen and oxygen atoms in total. The van der Waals surface area contributed by atoms with Gasteiger partial charge in [0.25, 0.3) is 10.0 Å². The van der Waals surface area contributed by atoms with Gasteiger partial charge in [-0.2, -0.15) is 4.31 Å². The van der Waals surface area contributed by atoms with Crippen LogP contribution in [0.3, 0.4) is 0 Å². The molecule has 0 saturated heterocycles. The summed E-state index contributed by atoms with van der Waals surface area (Å²) in [5.74, 6) is -0.441. The van der Waals surface area contributed by atoms with Crippen molar-refractivity contribution in [1.82, 2.24) is 14.3 Å². The van der Waals surface area contributed by atoms with Gasteiger partial charge in [0.1, 0.15) is 0 Å². The number of aromatic nitrogens is 2. The summed E-state index contributed by atoms with van der Waals surface area (Å²) < 4.78 is 29.7. The van der Waals surface area contributed by atoms with Gasteiger partial charge in [0.2, 0.25) is 0 Å². The van der Waals surface area contributed by atoms with E-state index in [2.05, 4.69) is 14.7 Å². The standard InChI is InChI=1S/C9H15N3O4S/c1-3-12(5-4-9(13)16-2)17(14,15)8-6-10-7-11-8/h6-7H,3-5H2,1-2H3,(H,10,11). The molecule has 0 aliphatic rings. The number of rotatable bonds is 6. The summed E-state index contributed by atoms with van der Waals surface area (Å²) in [6.45, 7) is 2.06. The molecule has 8 heteroatoms. The monoisotopic (exact) mass is 261 g/mol. The maximum absolute atomic E-state index is 12.0. The minimum absolute atomic E-state index is 0.0178. The molecule has 0 bridgehead atoms. The fourth-order valence-electron chi connectivity index (χ4n) is 1.29. The van der Waals surface area contributed by atoms with E-state index in [4.69, 9.17) is 0 Å². The third-order valence-electron chi connectivity index (χ3n) is 2.24. The van der Waals surface area contributed by atoms with Crippen molar-refractivity contribution >= 4 is 16.0 Å². The molecule has 0 radical (unpaired) electrons. The Morgan fingerprint density at radius 3 is 2.76 bits per heavy atom. The summed E-state index contributed by atoms with van der Waals surface area (Å²) in [4.78, 5) is 17.2. The smallest absolute Gasteiger partial charge is 0.306 e. The van der Waals surface area contributed by atoms with E-state index in [-0.39, 0.29) is 24.5 Å². The Labute approximate surface area is 99.8 Å². The number of H-pyrrole nitrogens is 1. The lowest BCUT2D eigenvalue weighted by Gasteiger charge is -2.18. The molecule has 0 unspecified atom stereocenters. The summed E-state index contributed by atoms with van der Waals surface area (Å²) in [6.07, 6.45) is 2.55. The lowest BCUT2D eigenvalue weighted by Crippen LogP contribution is -2.33. The molecule has 1 aromatic heterocycles. The van der Waals surface area contributed by atoms with Gasteiger partial charge in [-0.05, 0) is 0 Å². The third kappa shape index (κ3) is 3.27. The van der Waals surface area contributed by atoms with Gasteiger partial charge >= 0.3 is 5.97 Å². The van der Waals surface area contributed by atoms with Gasteiger partial charge in [0.15, 0.2) is 5.03 Å². The first kappa shape index (κ1) is 13.7. The first-order valence-corrected chi connectivity index (χ1v) is 6.51. The van der Waals surface area contributed by atoms with Gasteiger partial charge in [-0.25, -0.2) is 13.4 Å². The van der Waals surface area contributed by atoms with E-state index < -0.39 is 16.0 Å². The fourth-order valence-corrected chi connectivity index (χ4v) is 2.64. The van der Waals surface area contributed by atoms with Crippen LogP contribution in [0.1, 0.15) is 13.3 Å². The second-order valence-corrected chi connectivity index (χ2v) is 5.15. The first-order valence-electron chi connectivity index (χ1n) is 5.07. The van der Waals surface area contributed by atoms with E-state index in [1.165, 1.54) is 23.9 Å². The minimum Gasteiger partial charge on any atom is -0.469 e. The van der Waals surface area contributed by atoms with Crippen LogP contribution in [0.4, 0.5) is 0 Å². The van der Waals surface area contributed by atoms with E-state index in [0.717, 1.165) is 0 Å². The Morgan fingerprint density at radius 1 is 1.59 bits per heavy atom. The van der Waals surface area contributed by atoms with Gasteiger partial charge in [-0.3, -0.25) is 4.79 Å². The number of hydrogen-bond donors (Lipinski definition) is 1. The van der Waals surface area contributed by atoms with Crippen LogP contribution in [0, 0.1) is 0 Å². The molecule has 0 amide bonds. The molecule has 0 aliphatic carbocycles. The van der Waals surface area contributed by atoms with Crippen LogP contribution >= 0.6 is 0 Å². The number of carbonyl (C=O) groups excluding carboxylic acids is 1. The summed E-state index contributed by atoms with van der Waals surface area (Å²) >= 11 is 0. The SMILES string of the molecule is CCN(CCC(=O)OC)S(=O)(=O)c1cnc[nH]1. The van der Waals surface area contributed by atoms with E-state index >= 15 is 0 Å². The number of aromatic amines is 1. The quantitative estimate of drug-likeness (QED) is 0.727. The number of sulfonamides is 1. The Hall–Kier alpha value is -1.41. The molecule has 96 valence electrons. The van der Waals surface area contributed by atoms with E-state index in [0.29, 0.717) is 0 Å². The zero-order chi connectivity index (χ0) is 12.9. The Morgan fingerprint density at radius 2 is 2.29 bits per heavy atom. The lowest BCUT2D eigenvalue weighted by atomic mass is 10.4. The summed E-state index contributed by atoms with van der Waals surface area (Å²) in [5.41, 5.74) is 0. The molecule has 0 aromatic carbocycles. The molecule has 0 fully saturated rings. The zero-order valence-electron chi connectivity index (χ0n) is 9.71. The third-order valence-corrected chi connectivity index (χ3v) is 4.14. The molecule has 1 N–H and O–H groups in total. The molecule has 1 rings (SSSR count). The largest absolute Gasteiger partial charge is 0.469 e. The maximum Gasteiger partial charge on any atom is 0.306 e. The number of carbonyl (C=O) groups is 1. The fraction of sp³-hybridized carbons (Fsp3) is 0.556. The average Bonchev–Trinajstić information content (AvgIpc) is 2.83. The van der Waals surface area contributed by atoms with E-state index in [1.807, 2.05) is 0 Å². The normalized spacial score (nSPS) is 11.7. The number of imidazole rings is 1. The van der Waals surface area contributed by atoms with Crippen LogP contribution in [0.5, 0.6) is 0 Å². The van der Waals surface area contributed by atoms with Crippen LogP contribution < -0.4 is 0 Å². The highest BCUT2D eigenvalue weighted by atomic mass is 32.2. The molecule has 1 aromatic rings. The molecular weight excluding hydrogens is 246 g/mol. The van der Waals surface area contributed by atoms with Gasteiger partial charge in [-0.1, -0.05) is 6.92 Å². The summed E-state index contributed by atoms with van der Waals surface area (Å²) in [7, 11) is -2.34. The maximum atomic E-state index is 12.0. The van der Waals surface area contributed by atoms with Gasteiger partial charge in [-0.15, -0.1) is 0 Å². The Bertz CT molecular complexity index is 455. The van der Waals surface area contributed by atoms with Gasteiger partial charge < -0.3 is 9.72 Å². The molecule has 0 saturated carbocycles. The van der Waals surface area contributed by atoms with Crippen LogP contribution in [0.25, 0.3) is 0 Å². The average molecular weight is 261 g/mol. The van der Waals surface area contributed by atoms with Crippen LogP contribution in [0.2, 0.25) is 0 Å². The zero-order valence-corrected chi connectivity index (χ0v) is 10.5. The predicted octanol–water partition coefficient (Wildman–Crippen LogP) is -0.0166. The Balaban J connectivity index is 2.77. The topological polar surface area (TPSA) is 92.4 Å². The lowest BCUT2D eigenvalue weighted by molar-refractivity contribution is -0.140. The Kier molecular flexibility index (Phi) is 4.64. The van der Waals surface area contributed by atoms with Gasteiger partial charge in [0.05, 0.1) is 26.1 Å². The number of nitrogens with zero attached hydrogens (tertiary/aromatic N) is 2. The molecule has 17 heavy (non-hydrogen) atoms. The first-order chi connectivity index (χ1) is 8.02. The van der Waals surface area contributed by atoms with Crippen LogP contribution in [0.15, 0.2) is 17.6 Å². The van der Waals surface area contributed by atoms with Crippen molar-refractivity contribution in [1.29, 1.82) is 0 Å². The van der Waals surface area contributed by atoms with Crippen LogP contribution in [-0.2, 0) is 19.6 Å². The number of methoxy groups -OCH3 is 1. The second kappa shape index (κ2) is 5.78. The highest BCUT2D eigenvalue weighted by molar-refractivity contribution is 7.89. The second-order valence-electron chi connectivity index (χ2n) is 3.24. The molecule has 0 aliphatic heterocycles. The van der Waals surface area contributed by atoms with Crippen molar-refractivity contribution in [2.24, 2.45) is 0 Å². The van der Waals surface area contributed by atoms with Gasteiger partial charge in [0, 0.05) is 13.1 Å². The highest BCUT2D eigenvalue weighted by Crippen LogP contribution is 2.12. The molecular formula is C9H15N3O4S. The molecule has 1 heterocycles. The van der Waals surface area contributed by atoms with Crippen molar-refractivity contribution in [3.05, 3.63) is 12.5 Å². The number of ether oxygens (including phenoxy) is 1.